The summed E-state index contributed by atoms with van der Waals surface area (Å²) in [6.07, 6.45) is 5.11. The topological polar surface area (TPSA) is 12.4 Å². The van der Waals surface area contributed by atoms with Gasteiger partial charge < -0.3 is 0 Å². The van der Waals surface area contributed by atoms with Gasteiger partial charge in [-0.1, -0.05) is 26.7 Å². The second-order valence-electron chi connectivity index (χ2n) is 3.97. The first-order valence-corrected chi connectivity index (χ1v) is 4.64. The Labute approximate surface area is 73.9 Å². The van der Waals surface area contributed by atoms with Crippen LogP contribution in [0, 0.1) is 5.41 Å². The van der Waals surface area contributed by atoms with Crippen LogP contribution in [0.1, 0.15) is 39.5 Å². The molecule has 0 aliphatic heterocycles. The SMILES string of the molecule is CC1(C)CCCCC1N=C=S. The summed E-state index contributed by atoms with van der Waals surface area (Å²) in [5.74, 6) is 0. The van der Waals surface area contributed by atoms with Gasteiger partial charge in [0.05, 0.1) is 11.2 Å². The first kappa shape index (κ1) is 8.89. The zero-order valence-electron chi connectivity index (χ0n) is 7.26. The predicted octanol–water partition coefficient (Wildman–Crippen LogP) is 3.06. The fourth-order valence-corrected chi connectivity index (χ4v) is 1.91. The van der Waals surface area contributed by atoms with Crippen LogP contribution in [0.25, 0.3) is 0 Å². The van der Waals surface area contributed by atoms with E-state index in [0.717, 1.165) is 0 Å². The summed E-state index contributed by atoms with van der Waals surface area (Å²) >= 11 is 4.62. The molecule has 2 heteroatoms. The predicted molar refractivity (Wildman–Crippen MR) is 51.1 cm³/mol. The molecule has 0 aromatic heterocycles. The van der Waals surface area contributed by atoms with Crippen molar-refractivity contribution in [2.45, 2.75) is 45.6 Å². The molecule has 0 N–H and O–H groups in total. The van der Waals surface area contributed by atoms with E-state index in [1.807, 2.05) is 0 Å². The van der Waals surface area contributed by atoms with Gasteiger partial charge in [0.2, 0.25) is 0 Å². The molecule has 1 rings (SSSR count). The molecule has 1 unspecified atom stereocenters. The van der Waals surface area contributed by atoms with E-state index >= 15 is 0 Å². The maximum Gasteiger partial charge on any atom is 0.0653 e. The van der Waals surface area contributed by atoms with Gasteiger partial charge in [-0.3, -0.25) is 0 Å². The van der Waals surface area contributed by atoms with Crippen LogP contribution < -0.4 is 0 Å². The minimum atomic E-state index is 0.351. The largest absolute Gasteiger partial charge is 0.229 e. The van der Waals surface area contributed by atoms with E-state index in [1.54, 1.807) is 0 Å². The molecule has 0 spiro atoms. The van der Waals surface area contributed by atoms with Gasteiger partial charge >= 0.3 is 0 Å². The molecule has 0 aromatic rings. The highest BCUT2D eigenvalue weighted by Crippen LogP contribution is 2.37. The second kappa shape index (κ2) is 3.46. The second-order valence-corrected chi connectivity index (χ2v) is 4.15. The van der Waals surface area contributed by atoms with Gasteiger partial charge in [-0.15, -0.1) is 0 Å². The van der Waals surface area contributed by atoms with E-state index in [4.69, 9.17) is 0 Å². The van der Waals surface area contributed by atoms with Crippen LogP contribution >= 0.6 is 12.2 Å². The standard InChI is InChI=1S/C9H15NS/c1-9(2)6-4-3-5-8(9)10-7-11/h8H,3-6H2,1-2H3. The van der Waals surface area contributed by atoms with Gasteiger partial charge in [0.1, 0.15) is 0 Å². The number of isothiocyanates is 1. The third-order valence-corrected chi connectivity index (χ3v) is 2.76. The van der Waals surface area contributed by atoms with Crippen LogP contribution in [-0.4, -0.2) is 11.2 Å². The van der Waals surface area contributed by atoms with Crippen molar-refractivity contribution in [2.75, 3.05) is 0 Å². The van der Waals surface area contributed by atoms with Crippen molar-refractivity contribution in [3.63, 3.8) is 0 Å². The molecule has 0 radical (unpaired) electrons. The Morgan fingerprint density at radius 3 is 2.73 bits per heavy atom. The van der Waals surface area contributed by atoms with Crippen molar-refractivity contribution in [3.05, 3.63) is 0 Å². The molecule has 0 aromatic carbocycles. The van der Waals surface area contributed by atoms with Crippen LogP contribution in [-0.2, 0) is 0 Å². The van der Waals surface area contributed by atoms with E-state index in [1.165, 1.54) is 25.7 Å². The van der Waals surface area contributed by atoms with Gasteiger partial charge in [-0.2, -0.15) is 0 Å². The summed E-state index contributed by atoms with van der Waals surface area (Å²) in [5, 5.41) is 2.50. The zero-order valence-corrected chi connectivity index (χ0v) is 8.08. The number of hydrogen-bond donors (Lipinski definition) is 0. The minimum Gasteiger partial charge on any atom is -0.229 e. The van der Waals surface area contributed by atoms with Gasteiger partial charge in [0.25, 0.3) is 0 Å². The van der Waals surface area contributed by atoms with Gasteiger partial charge in [-0.05, 0) is 30.5 Å². The summed E-state index contributed by atoms with van der Waals surface area (Å²) in [7, 11) is 0. The molecule has 0 saturated heterocycles. The molecule has 1 aliphatic carbocycles. The van der Waals surface area contributed by atoms with Gasteiger partial charge in [0.15, 0.2) is 0 Å². The van der Waals surface area contributed by atoms with Gasteiger partial charge in [-0.25, -0.2) is 4.99 Å². The normalized spacial score (nSPS) is 29.1. The Kier molecular flexibility index (Phi) is 2.80. The maximum absolute atomic E-state index is 4.62. The molecule has 62 valence electrons. The number of rotatable bonds is 1. The van der Waals surface area contributed by atoms with E-state index < -0.39 is 0 Å². The van der Waals surface area contributed by atoms with E-state index in [2.05, 4.69) is 36.2 Å². The summed E-state index contributed by atoms with van der Waals surface area (Å²) in [4.78, 5) is 4.20. The fourth-order valence-electron chi connectivity index (χ4n) is 1.78. The maximum atomic E-state index is 4.62. The summed E-state index contributed by atoms with van der Waals surface area (Å²) in [5.41, 5.74) is 0.351. The Bertz CT molecular complexity index is 180. The number of aliphatic imine (C=N–C) groups is 1. The number of hydrogen-bond acceptors (Lipinski definition) is 2. The van der Waals surface area contributed by atoms with Crippen LogP contribution in [0.4, 0.5) is 0 Å². The summed E-state index contributed by atoms with van der Waals surface area (Å²) in [6, 6.07) is 0.425. The Balaban J connectivity index is 2.66. The third kappa shape index (κ3) is 2.11. The van der Waals surface area contributed by atoms with Crippen molar-refractivity contribution in [3.8, 4) is 0 Å². The lowest BCUT2D eigenvalue weighted by Gasteiger charge is -2.35. The number of nitrogens with zero attached hydrogens (tertiary/aromatic N) is 1. The molecule has 1 nitrogen and oxygen atoms in total. The lowest BCUT2D eigenvalue weighted by Crippen LogP contribution is -2.31. The fraction of sp³-hybridized carbons (Fsp3) is 0.889. The molecule has 0 bridgehead atoms. The lowest BCUT2D eigenvalue weighted by atomic mass is 9.74. The first-order valence-electron chi connectivity index (χ1n) is 4.24. The highest BCUT2D eigenvalue weighted by Gasteiger charge is 2.31. The highest BCUT2D eigenvalue weighted by molar-refractivity contribution is 7.78. The molecule has 1 saturated carbocycles. The average molecular weight is 169 g/mol. The zero-order chi connectivity index (χ0) is 8.32. The quantitative estimate of drug-likeness (QED) is 0.434. The molecule has 1 aliphatic rings. The summed E-state index contributed by atoms with van der Waals surface area (Å²) < 4.78 is 0. The third-order valence-electron chi connectivity index (χ3n) is 2.66. The van der Waals surface area contributed by atoms with Crippen molar-refractivity contribution in [1.82, 2.24) is 0 Å². The van der Waals surface area contributed by atoms with Crippen molar-refractivity contribution >= 4 is 17.4 Å². The van der Waals surface area contributed by atoms with Crippen molar-refractivity contribution < 1.29 is 0 Å². The monoisotopic (exact) mass is 169 g/mol. The smallest absolute Gasteiger partial charge is 0.0653 e. The van der Waals surface area contributed by atoms with Crippen molar-refractivity contribution in [1.29, 1.82) is 0 Å². The van der Waals surface area contributed by atoms with Gasteiger partial charge in [0, 0.05) is 0 Å². The molecule has 0 heterocycles. The highest BCUT2D eigenvalue weighted by atomic mass is 32.1. The lowest BCUT2D eigenvalue weighted by molar-refractivity contribution is 0.204. The molecule has 1 atom stereocenters. The molecular weight excluding hydrogens is 154 g/mol. The van der Waals surface area contributed by atoms with E-state index in [9.17, 15) is 0 Å². The summed E-state index contributed by atoms with van der Waals surface area (Å²) in [6.45, 7) is 4.54. The Hall–Kier alpha value is -0.200. The Morgan fingerprint density at radius 2 is 2.18 bits per heavy atom. The van der Waals surface area contributed by atoms with Crippen LogP contribution in [0.15, 0.2) is 4.99 Å². The van der Waals surface area contributed by atoms with Crippen LogP contribution in [0.5, 0.6) is 0 Å². The van der Waals surface area contributed by atoms with Crippen LogP contribution in [0.3, 0.4) is 0 Å². The molecular formula is C9H15NS. The first-order chi connectivity index (χ1) is 5.17. The molecule has 11 heavy (non-hydrogen) atoms. The minimum absolute atomic E-state index is 0.351. The Morgan fingerprint density at radius 1 is 1.45 bits per heavy atom. The van der Waals surface area contributed by atoms with Crippen molar-refractivity contribution in [2.24, 2.45) is 10.4 Å². The van der Waals surface area contributed by atoms with Crippen LogP contribution in [0.2, 0.25) is 0 Å². The average Bonchev–Trinajstić information content (AvgIpc) is 1.94. The molecule has 0 amide bonds. The molecule has 1 fully saturated rings. The van der Waals surface area contributed by atoms with E-state index in [-0.39, 0.29) is 0 Å². The number of thiocarbonyl (C=S) groups is 1. The van der Waals surface area contributed by atoms with E-state index in [0.29, 0.717) is 11.5 Å².